The highest BCUT2D eigenvalue weighted by Gasteiger charge is 2.13. The zero-order chi connectivity index (χ0) is 10.5. The SMILES string of the molecule is NC(=NC1CCCC1)Nc1ncccn1. The summed E-state index contributed by atoms with van der Waals surface area (Å²) in [7, 11) is 0. The Hall–Kier alpha value is -1.65. The van der Waals surface area contributed by atoms with Crippen LogP contribution in [0.1, 0.15) is 25.7 Å². The smallest absolute Gasteiger partial charge is 0.229 e. The van der Waals surface area contributed by atoms with Crippen LogP contribution in [0.25, 0.3) is 0 Å². The van der Waals surface area contributed by atoms with Crippen LogP contribution >= 0.6 is 0 Å². The first-order valence-electron chi connectivity index (χ1n) is 5.22. The number of aromatic nitrogens is 2. The highest BCUT2D eigenvalue weighted by atomic mass is 15.2. The largest absolute Gasteiger partial charge is 0.370 e. The Kier molecular flexibility index (Phi) is 3.11. The van der Waals surface area contributed by atoms with E-state index in [1.807, 2.05) is 0 Å². The number of rotatable bonds is 2. The summed E-state index contributed by atoms with van der Waals surface area (Å²) in [6.45, 7) is 0. The molecule has 0 aliphatic heterocycles. The van der Waals surface area contributed by atoms with Gasteiger partial charge < -0.3 is 5.73 Å². The van der Waals surface area contributed by atoms with Crippen LogP contribution in [0.15, 0.2) is 23.5 Å². The van der Waals surface area contributed by atoms with E-state index in [-0.39, 0.29) is 0 Å². The van der Waals surface area contributed by atoms with Crippen LogP contribution in [0.4, 0.5) is 5.95 Å². The van der Waals surface area contributed by atoms with Crippen molar-refractivity contribution < 1.29 is 0 Å². The highest BCUT2D eigenvalue weighted by Crippen LogP contribution is 2.20. The lowest BCUT2D eigenvalue weighted by molar-refractivity contribution is 0.705. The van der Waals surface area contributed by atoms with Crippen molar-refractivity contribution in [3.8, 4) is 0 Å². The average Bonchev–Trinajstić information content (AvgIpc) is 2.71. The fraction of sp³-hybridized carbons (Fsp3) is 0.500. The highest BCUT2D eigenvalue weighted by molar-refractivity contribution is 5.90. The van der Waals surface area contributed by atoms with Gasteiger partial charge in [0.25, 0.3) is 0 Å². The first-order chi connectivity index (χ1) is 7.34. The van der Waals surface area contributed by atoms with Crippen LogP contribution in [0.2, 0.25) is 0 Å². The van der Waals surface area contributed by atoms with E-state index < -0.39 is 0 Å². The van der Waals surface area contributed by atoms with Gasteiger partial charge in [0, 0.05) is 12.4 Å². The molecular weight excluding hydrogens is 190 g/mol. The second kappa shape index (κ2) is 4.72. The second-order valence-electron chi connectivity index (χ2n) is 3.65. The van der Waals surface area contributed by atoms with E-state index in [2.05, 4.69) is 20.3 Å². The molecule has 1 aliphatic rings. The molecule has 1 aliphatic carbocycles. The third kappa shape index (κ3) is 2.90. The number of anilines is 1. The van der Waals surface area contributed by atoms with Gasteiger partial charge in [0.1, 0.15) is 0 Å². The van der Waals surface area contributed by atoms with Crippen molar-refractivity contribution in [3.63, 3.8) is 0 Å². The minimum Gasteiger partial charge on any atom is -0.370 e. The first-order valence-corrected chi connectivity index (χ1v) is 5.22. The van der Waals surface area contributed by atoms with Gasteiger partial charge in [-0.1, -0.05) is 12.8 Å². The third-order valence-corrected chi connectivity index (χ3v) is 2.45. The topological polar surface area (TPSA) is 76.2 Å². The van der Waals surface area contributed by atoms with Gasteiger partial charge in [-0.25, -0.2) is 15.0 Å². The Labute approximate surface area is 88.8 Å². The Morgan fingerprint density at radius 2 is 2.00 bits per heavy atom. The predicted octanol–water partition coefficient (Wildman–Crippen LogP) is 1.15. The van der Waals surface area contributed by atoms with Crippen molar-refractivity contribution in [2.24, 2.45) is 10.7 Å². The van der Waals surface area contributed by atoms with Crippen LogP contribution in [-0.2, 0) is 0 Å². The van der Waals surface area contributed by atoms with Gasteiger partial charge in [-0.15, -0.1) is 0 Å². The molecule has 0 atom stereocenters. The molecule has 0 aromatic carbocycles. The molecule has 0 saturated heterocycles. The zero-order valence-corrected chi connectivity index (χ0v) is 8.56. The molecule has 0 unspecified atom stereocenters. The predicted molar refractivity (Wildman–Crippen MR) is 59.5 cm³/mol. The van der Waals surface area contributed by atoms with Crippen LogP contribution < -0.4 is 11.1 Å². The third-order valence-electron chi connectivity index (χ3n) is 2.45. The Morgan fingerprint density at radius 1 is 1.33 bits per heavy atom. The van der Waals surface area contributed by atoms with E-state index in [0.29, 0.717) is 17.9 Å². The minimum atomic E-state index is 0.376. The number of nitrogens with zero attached hydrogens (tertiary/aromatic N) is 3. The van der Waals surface area contributed by atoms with E-state index >= 15 is 0 Å². The molecule has 15 heavy (non-hydrogen) atoms. The Bertz CT molecular complexity index is 329. The summed E-state index contributed by atoms with van der Waals surface area (Å²) in [4.78, 5) is 12.4. The Morgan fingerprint density at radius 3 is 2.67 bits per heavy atom. The summed E-state index contributed by atoms with van der Waals surface area (Å²) in [5.74, 6) is 0.907. The molecule has 0 bridgehead atoms. The van der Waals surface area contributed by atoms with Gasteiger partial charge in [0.2, 0.25) is 5.95 Å². The maximum Gasteiger partial charge on any atom is 0.229 e. The van der Waals surface area contributed by atoms with Crippen LogP contribution in [0.5, 0.6) is 0 Å². The quantitative estimate of drug-likeness (QED) is 0.561. The van der Waals surface area contributed by atoms with Crippen LogP contribution in [-0.4, -0.2) is 22.0 Å². The van der Waals surface area contributed by atoms with Crippen molar-refractivity contribution in [3.05, 3.63) is 18.5 Å². The van der Waals surface area contributed by atoms with Gasteiger partial charge in [-0.3, -0.25) is 5.32 Å². The van der Waals surface area contributed by atoms with Crippen molar-refractivity contribution in [2.75, 3.05) is 5.32 Å². The molecule has 1 heterocycles. The standard InChI is InChI=1S/C10H15N5/c11-9(14-8-4-1-2-5-8)15-10-12-6-3-7-13-10/h3,6-8H,1-2,4-5H2,(H3,11,12,13,14,15). The van der Waals surface area contributed by atoms with E-state index in [0.717, 1.165) is 12.8 Å². The summed E-state index contributed by atoms with van der Waals surface area (Å²) in [6, 6.07) is 2.14. The normalized spacial score (nSPS) is 18.0. The number of hydrogen-bond acceptors (Lipinski definition) is 3. The number of nitrogens with two attached hydrogens (primary N) is 1. The van der Waals surface area contributed by atoms with Crippen LogP contribution in [0.3, 0.4) is 0 Å². The average molecular weight is 205 g/mol. The molecule has 0 spiro atoms. The maximum absolute atomic E-state index is 5.74. The van der Waals surface area contributed by atoms with E-state index in [1.165, 1.54) is 12.8 Å². The molecule has 1 aromatic rings. The molecule has 0 amide bonds. The van der Waals surface area contributed by atoms with Crippen LogP contribution in [0, 0.1) is 0 Å². The molecule has 5 heteroatoms. The van der Waals surface area contributed by atoms with Crippen molar-refractivity contribution in [1.82, 2.24) is 9.97 Å². The fourth-order valence-corrected chi connectivity index (χ4v) is 1.74. The van der Waals surface area contributed by atoms with Crippen molar-refractivity contribution >= 4 is 11.9 Å². The fourth-order valence-electron chi connectivity index (χ4n) is 1.74. The van der Waals surface area contributed by atoms with Gasteiger partial charge in [-0.05, 0) is 18.9 Å². The molecule has 80 valence electrons. The summed E-state index contributed by atoms with van der Waals surface area (Å²) in [6.07, 6.45) is 8.11. The Balaban J connectivity index is 1.94. The summed E-state index contributed by atoms with van der Waals surface area (Å²) in [5.41, 5.74) is 5.74. The molecular formula is C10H15N5. The molecule has 1 saturated carbocycles. The van der Waals surface area contributed by atoms with Gasteiger partial charge in [0.15, 0.2) is 5.96 Å². The van der Waals surface area contributed by atoms with Gasteiger partial charge >= 0.3 is 0 Å². The lowest BCUT2D eigenvalue weighted by atomic mass is 10.3. The van der Waals surface area contributed by atoms with E-state index in [4.69, 9.17) is 5.73 Å². The van der Waals surface area contributed by atoms with Gasteiger partial charge in [-0.2, -0.15) is 0 Å². The maximum atomic E-state index is 5.74. The number of aliphatic imine (C=N–C) groups is 1. The van der Waals surface area contributed by atoms with Crippen molar-refractivity contribution in [2.45, 2.75) is 31.7 Å². The minimum absolute atomic E-state index is 0.376. The second-order valence-corrected chi connectivity index (χ2v) is 3.65. The molecule has 1 aromatic heterocycles. The summed E-state index contributed by atoms with van der Waals surface area (Å²) in [5, 5.41) is 2.87. The molecule has 5 nitrogen and oxygen atoms in total. The summed E-state index contributed by atoms with van der Waals surface area (Å²) < 4.78 is 0. The number of nitrogens with one attached hydrogen (secondary N) is 1. The first kappa shape index (κ1) is 9.89. The molecule has 3 N–H and O–H groups in total. The lowest BCUT2D eigenvalue weighted by Crippen LogP contribution is -2.25. The van der Waals surface area contributed by atoms with E-state index in [1.54, 1.807) is 18.5 Å². The van der Waals surface area contributed by atoms with E-state index in [9.17, 15) is 0 Å². The molecule has 0 radical (unpaired) electrons. The zero-order valence-electron chi connectivity index (χ0n) is 8.56. The number of guanidine groups is 1. The monoisotopic (exact) mass is 205 g/mol. The van der Waals surface area contributed by atoms with Crippen molar-refractivity contribution in [1.29, 1.82) is 0 Å². The molecule has 1 fully saturated rings. The molecule has 2 rings (SSSR count). The number of hydrogen-bond donors (Lipinski definition) is 2. The van der Waals surface area contributed by atoms with Gasteiger partial charge in [0.05, 0.1) is 6.04 Å². The summed E-state index contributed by atoms with van der Waals surface area (Å²) >= 11 is 0. The lowest BCUT2D eigenvalue weighted by Gasteiger charge is -2.06.